The number of hydrogen-bond acceptors (Lipinski definition) is 2. The van der Waals surface area contributed by atoms with E-state index in [-0.39, 0.29) is 0 Å². The highest BCUT2D eigenvalue weighted by atomic mass is 14.9. The van der Waals surface area contributed by atoms with Crippen molar-refractivity contribution in [2.75, 3.05) is 19.6 Å². The van der Waals surface area contributed by atoms with Crippen molar-refractivity contribution in [3.05, 3.63) is 0 Å². The van der Waals surface area contributed by atoms with Crippen LogP contribution >= 0.6 is 0 Å². The summed E-state index contributed by atoms with van der Waals surface area (Å²) in [4.78, 5) is 0. The predicted octanol–water partition coefficient (Wildman–Crippen LogP) is 1.76. The summed E-state index contributed by atoms with van der Waals surface area (Å²) in [6.45, 7) is 6.07. The smallest absolute Gasteiger partial charge is 0.00797 e. The van der Waals surface area contributed by atoms with E-state index in [2.05, 4.69) is 17.6 Å². The van der Waals surface area contributed by atoms with E-state index in [1.165, 1.54) is 51.7 Å². The van der Waals surface area contributed by atoms with Gasteiger partial charge in [-0.15, -0.1) is 0 Å². The molecule has 2 aliphatic rings. The number of hydrogen-bond donors (Lipinski definition) is 2. The van der Waals surface area contributed by atoms with Crippen molar-refractivity contribution in [2.24, 2.45) is 11.8 Å². The Morgan fingerprint density at radius 1 is 1.21 bits per heavy atom. The molecule has 2 N–H and O–H groups in total. The fourth-order valence-corrected chi connectivity index (χ4v) is 2.41. The standard InChI is InChI=1S/C12H24N2/c1-10(11-4-5-11)9-14-12-3-2-7-13-8-6-12/h10-14H,2-9H2,1H3. The second kappa shape index (κ2) is 5.13. The second-order valence-electron chi connectivity index (χ2n) is 5.10. The molecule has 2 heteroatoms. The molecule has 1 saturated heterocycles. The molecule has 0 amide bonds. The molecule has 0 spiro atoms. The molecule has 2 fully saturated rings. The molecule has 2 nitrogen and oxygen atoms in total. The van der Waals surface area contributed by atoms with Gasteiger partial charge in [-0.2, -0.15) is 0 Å². The second-order valence-corrected chi connectivity index (χ2v) is 5.10. The first-order valence-corrected chi connectivity index (χ1v) is 6.30. The van der Waals surface area contributed by atoms with E-state index in [9.17, 15) is 0 Å². The summed E-state index contributed by atoms with van der Waals surface area (Å²) in [5.41, 5.74) is 0. The minimum absolute atomic E-state index is 0.784. The first-order valence-electron chi connectivity index (χ1n) is 6.30. The topological polar surface area (TPSA) is 24.1 Å². The van der Waals surface area contributed by atoms with Crippen LogP contribution in [0.1, 0.15) is 39.0 Å². The van der Waals surface area contributed by atoms with Crippen LogP contribution in [0, 0.1) is 11.8 Å². The molecule has 0 radical (unpaired) electrons. The van der Waals surface area contributed by atoms with E-state index >= 15 is 0 Å². The van der Waals surface area contributed by atoms with Crippen LogP contribution in [0.5, 0.6) is 0 Å². The van der Waals surface area contributed by atoms with Crippen LogP contribution < -0.4 is 10.6 Å². The maximum atomic E-state index is 3.74. The van der Waals surface area contributed by atoms with Gasteiger partial charge < -0.3 is 10.6 Å². The zero-order valence-corrected chi connectivity index (χ0v) is 9.39. The summed E-state index contributed by atoms with van der Waals surface area (Å²) < 4.78 is 0. The van der Waals surface area contributed by atoms with Gasteiger partial charge in [-0.25, -0.2) is 0 Å². The Bertz CT molecular complexity index is 158. The Hall–Kier alpha value is -0.0800. The molecule has 1 heterocycles. The lowest BCUT2D eigenvalue weighted by Crippen LogP contribution is -2.33. The first kappa shape index (κ1) is 10.4. The molecule has 1 aliphatic carbocycles. The van der Waals surface area contributed by atoms with Crippen LogP contribution in [0.4, 0.5) is 0 Å². The molecule has 0 bridgehead atoms. The molecule has 2 atom stereocenters. The van der Waals surface area contributed by atoms with E-state index in [1.54, 1.807) is 0 Å². The maximum absolute atomic E-state index is 3.74. The van der Waals surface area contributed by atoms with Crippen LogP contribution in [0.3, 0.4) is 0 Å². The lowest BCUT2D eigenvalue weighted by atomic mass is 10.0. The minimum Gasteiger partial charge on any atom is -0.317 e. The van der Waals surface area contributed by atoms with E-state index in [4.69, 9.17) is 0 Å². The lowest BCUT2D eigenvalue weighted by molar-refractivity contribution is 0.395. The number of rotatable bonds is 4. The largest absolute Gasteiger partial charge is 0.317 e. The Morgan fingerprint density at radius 3 is 2.86 bits per heavy atom. The van der Waals surface area contributed by atoms with Gasteiger partial charge in [0.2, 0.25) is 0 Å². The van der Waals surface area contributed by atoms with Crippen molar-refractivity contribution in [3.63, 3.8) is 0 Å². The third kappa shape index (κ3) is 3.25. The molecule has 0 aromatic carbocycles. The van der Waals surface area contributed by atoms with Crippen LogP contribution in [0.2, 0.25) is 0 Å². The van der Waals surface area contributed by atoms with Gasteiger partial charge in [-0.3, -0.25) is 0 Å². The van der Waals surface area contributed by atoms with Gasteiger partial charge in [0.15, 0.2) is 0 Å². The summed E-state index contributed by atoms with van der Waals surface area (Å²) in [5, 5.41) is 7.20. The Labute approximate surface area is 87.8 Å². The van der Waals surface area contributed by atoms with Crippen molar-refractivity contribution < 1.29 is 0 Å². The average Bonchev–Trinajstić information content (AvgIpc) is 3.01. The minimum atomic E-state index is 0.784. The highest BCUT2D eigenvalue weighted by Gasteiger charge is 2.27. The Balaban J connectivity index is 1.62. The summed E-state index contributed by atoms with van der Waals surface area (Å²) in [7, 11) is 0. The van der Waals surface area contributed by atoms with Gasteiger partial charge in [0.1, 0.15) is 0 Å². The molecule has 2 rings (SSSR count). The summed E-state index contributed by atoms with van der Waals surface area (Å²) >= 11 is 0. The molecule has 0 aromatic rings. The van der Waals surface area contributed by atoms with Crippen LogP contribution in [-0.2, 0) is 0 Å². The van der Waals surface area contributed by atoms with Crippen molar-refractivity contribution in [1.29, 1.82) is 0 Å². The molecular formula is C12H24N2. The van der Waals surface area contributed by atoms with Gasteiger partial charge in [0.25, 0.3) is 0 Å². The monoisotopic (exact) mass is 196 g/mol. The van der Waals surface area contributed by atoms with Crippen molar-refractivity contribution in [3.8, 4) is 0 Å². The quantitative estimate of drug-likeness (QED) is 0.716. The molecule has 1 saturated carbocycles. The van der Waals surface area contributed by atoms with E-state index in [0.717, 1.165) is 17.9 Å². The van der Waals surface area contributed by atoms with Gasteiger partial charge in [0, 0.05) is 6.04 Å². The van der Waals surface area contributed by atoms with Crippen molar-refractivity contribution in [2.45, 2.75) is 45.1 Å². The van der Waals surface area contributed by atoms with Gasteiger partial charge in [-0.1, -0.05) is 6.92 Å². The SMILES string of the molecule is CC(CNC1CCCNCC1)C1CC1. The highest BCUT2D eigenvalue weighted by molar-refractivity contribution is 4.81. The zero-order valence-electron chi connectivity index (χ0n) is 9.39. The highest BCUT2D eigenvalue weighted by Crippen LogP contribution is 2.36. The van der Waals surface area contributed by atoms with Crippen LogP contribution in [0.25, 0.3) is 0 Å². The van der Waals surface area contributed by atoms with Gasteiger partial charge in [-0.05, 0) is 63.6 Å². The van der Waals surface area contributed by atoms with Crippen LogP contribution in [-0.4, -0.2) is 25.7 Å². The maximum Gasteiger partial charge on any atom is 0.00797 e. The molecule has 0 aromatic heterocycles. The molecule has 14 heavy (non-hydrogen) atoms. The normalized spacial score (nSPS) is 31.1. The van der Waals surface area contributed by atoms with Gasteiger partial charge >= 0.3 is 0 Å². The third-order valence-electron chi connectivity index (χ3n) is 3.73. The van der Waals surface area contributed by atoms with E-state index < -0.39 is 0 Å². The lowest BCUT2D eigenvalue weighted by Gasteiger charge is -2.19. The van der Waals surface area contributed by atoms with Gasteiger partial charge in [0.05, 0.1) is 0 Å². The molecule has 2 unspecified atom stereocenters. The zero-order chi connectivity index (χ0) is 9.80. The third-order valence-corrected chi connectivity index (χ3v) is 3.73. The fraction of sp³-hybridized carbons (Fsp3) is 1.00. The van der Waals surface area contributed by atoms with E-state index in [0.29, 0.717) is 0 Å². The fourth-order valence-electron chi connectivity index (χ4n) is 2.41. The summed E-state index contributed by atoms with van der Waals surface area (Å²) in [6.07, 6.45) is 6.99. The average molecular weight is 196 g/mol. The van der Waals surface area contributed by atoms with E-state index in [1.807, 2.05) is 0 Å². The first-order chi connectivity index (χ1) is 6.86. The Kier molecular flexibility index (Phi) is 3.82. The number of nitrogens with one attached hydrogen (secondary N) is 2. The van der Waals surface area contributed by atoms with Crippen molar-refractivity contribution >= 4 is 0 Å². The van der Waals surface area contributed by atoms with Crippen LogP contribution in [0.15, 0.2) is 0 Å². The molecule has 82 valence electrons. The Morgan fingerprint density at radius 2 is 2.07 bits per heavy atom. The summed E-state index contributed by atoms with van der Waals surface area (Å²) in [5.74, 6) is 1.96. The molecule has 1 aliphatic heterocycles. The summed E-state index contributed by atoms with van der Waals surface area (Å²) in [6, 6.07) is 0.784. The molecular weight excluding hydrogens is 172 g/mol. The predicted molar refractivity (Wildman–Crippen MR) is 60.4 cm³/mol. The van der Waals surface area contributed by atoms with Crippen molar-refractivity contribution in [1.82, 2.24) is 10.6 Å².